The van der Waals surface area contributed by atoms with Crippen molar-refractivity contribution in [2.75, 3.05) is 12.3 Å². The molecule has 0 fully saturated rings. The summed E-state index contributed by atoms with van der Waals surface area (Å²) in [5.41, 5.74) is 6.34. The number of nitrogen functional groups attached to an aromatic ring is 1. The molecule has 84 valence electrons. The summed E-state index contributed by atoms with van der Waals surface area (Å²) >= 11 is 0. The molecule has 0 atom stereocenters. The summed E-state index contributed by atoms with van der Waals surface area (Å²) in [6.45, 7) is 1.49. The predicted molar refractivity (Wildman–Crippen MR) is 62.0 cm³/mol. The van der Waals surface area contributed by atoms with Crippen LogP contribution in [0.1, 0.15) is 0 Å². The van der Waals surface area contributed by atoms with Crippen molar-refractivity contribution in [1.82, 2.24) is 4.57 Å². The number of aromatic nitrogens is 2. The minimum absolute atomic E-state index is 0.651. The molecule has 4 heteroatoms. The van der Waals surface area contributed by atoms with Gasteiger partial charge in [0, 0.05) is 5.69 Å². The Kier molecular flexibility index (Phi) is 3.10. The van der Waals surface area contributed by atoms with Crippen LogP contribution < -0.4 is 15.0 Å². The van der Waals surface area contributed by atoms with E-state index >= 15 is 0 Å². The van der Waals surface area contributed by atoms with Crippen LogP contribution in [-0.4, -0.2) is 11.2 Å². The first-order valence-electron chi connectivity index (χ1n) is 5.23. The minimum atomic E-state index is 0.651. The zero-order chi connectivity index (χ0) is 11.4. The number of nitrogens with zero attached hydrogens (tertiary/aromatic N) is 2. The van der Waals surface area contributed by atoms with Crippen molar-refractivity contribution >= 4 is 5.69 Å². The number of nitrogens with two attached hydrogens (primary N) is 1. The molecule has 0 aliphatic heterocycles. The predicted octanol–water partition coefficient (Wildman–Crippen LogP) is 0.974. The van der Waals surface area contributed by atoms with Gasteiger partial charge in [0.2, 0.25) is 6.33 Å². The maximum absolute atomic E-state index is 5.59. The van der Waals surface area contributed by atoms with E-state index in [-0.39, 0.29) is 0 Å². The van der Waals surface area contributed by atoms with Crippen LogP contribution in [0, 0.1) is 0 Å². The average molecular weight is 218 g/mol. The highest BCUT2D eigenvalue weighted by atomic mass is 16.5. The van der Waals surface area contributed by atoms with E-state index in [9.17, 15) is 0 Å². The van der Waals surface area contributed by atoms with E-state index in [2.05, 4.69) is 4.57 Å². The summed E-state index contributed by atoms with van der Waals surface area (Å²) in [7, 11) is 2.00. The van der Waals surface area contributed by atoms with Crippen LogP contribution in [-0.2, 0) is 13.6 Å². The van der Waals surface area contributed by atoms with Crippen LogP contribution in [0.2, 0.25) is 0 Å². The Morgan fingerprint density at radius 2 is 2.06 bits per heavy atom. The SMILES string of the molecule is C[n+]1ccn(CCOc2ccc(N)cc2)c1. The Balaban J connectivity index is 1.82. The van der Waals surface area contributed by atoms with Crippen LogP contribution >= 0.6 is 0 Å². The zero-order valence-electron chi connectivity index (χ0n) is 9.34. The smallest absolute Gasteiger partial charge is 0.243 e. The lowest BCUT2D eigenvalue weighted by atomic mass is 10.3. The van der Waals surface area contributed by atoms with Crippen molar-refractivity contribution in [3.8, 4) is 5.75 Å². The molecule has 2 aromatic rings. The van der Waals surface area contributed by atoms with Gasteiger partial charge in [-0.3, -0.25) is 0 Å². The number of benzene rings is 1. The van der Waals surface area contributed by atoms with Gasteiger partial charge in [-0.15, -0.1) is 0 Å². The average Bonchev–Trinajstić information content (AvgIpc) is 2.67. The van der Waals surface area contributed by atoms with E-state index in [0.717, 1.165) is 18.0 Å². The van der Waals surface area contributed by atoms with Gasteiger partial charge in [-0.05, 0) is 24.3 Å². The summed E-state index contributed by atoms with van der Waals surface area (Å²) in [6, 6.07) is 7.44. The molecule has 4 nitrogen and oxygen atoms in total. The Morgan fingerprint density at radius 3 is 2.69 bits per heavy atom. The normalized spacial score (nSPS) is 10.3. The van der Waals surface area contributed by atoms with Crippen molar-refractivity contribution in [3.05, 3.63) is 43.0 Å². The summed E-state index contributed by atoms with van der Waals surface area (Å²) in [6.07, 6.45) is 6.04. The molecule has 1 aromatic carbocycles. The first-order valence-corrected chi connectivity index (χ1v) is 5.23. The third kappa shape index (κ3) is 2.76. The molecule has 0 aliphatic rings. The standard InChI is InChI=1S/C12H16N3O/c1-14-6-7-15(10-14)8-9-16-12-4-2-11(13)3-5-12/h2-7,10H,8-9,13H2,1H3/q+1. The molecule has 1 heterocycles. The van der Waals surface area contributed by atoms with Gasteiger partial charge in [0.05, 0.1) is 7.05 Å². The van der Waals surface area contributed by atoms with E-state index in [1.807, 2.05) is 54.6 Å². The van der Waals surface area contributed by atoms with Crippen molar-refractivity contribution in [3.63, 3.8) is 0 Å². The molecule has 0 amide bonds. The highest BCUT2D eigenvalue weighted by molar-refractivity contribution is 5.41. The maximum atomic E-state index is 5.59. The summed E-state index contributed by atoms with van der Waals surface area (Å²) in [4.78, 5) is 0. The number of rotatable bonds is 4. The zero-order valence-corrected chi connectivity index (χ0v) is 9.34. The molecule has 2 rings (SSSR count). The van der Waals surface area contributed by atoms with E-state index in [4.69, 9.17) is 10.5 Å². The summed E-state index contributed by atoms with van der Waals surface area (Å²) in [5, 5.41) is 0. The fourth-order valence-electron chi connectivity index (χ4n) is 1.47. The largest absolute Gasteiger partial charge is 0.489 e. The van der Waals surface area contributed by atoms with Crippen molar-refractivity contribution in [2.24, 2.45) is 7.05 Å². The fourth-order valence-corrected chi connectivity index (χ4v) is 1.47. The van der Waals surface area contributed by atoms with Gasteiger partial charge in [0.25, 0.3) is 0 Å². The lowest BCUT2D eigenvalue weighted by Gasteiger charge is -2.04. The van der Waals surface area contributed by atoms with E-state index in [0.29, 0.717) is 6.61 Å². The second-order valence-corrected chi connectivity index (χ2v) is 3.73. The number of hydrogen-bond donors (Lipinski definition) is 1. The number of anilines is 1. The minimum Gasteiger partial charge on any atom is -0.489 e. The molecule has 0 aliphatic carbocycles. The van der Waals surface area contributed by atoms with Crippen LogP contribution in [0.15, 0.2) is 43.0 Å². The van der Waals surface area contributed by atoms with Crippen LogP contribution in [0.4, 0.5) is 5.69 Å². The van der Waals surface area contributed by atoms with E-state index in [1.54, 1.807) is 0 Å². The van der Waals surface area contributed by atoms with Gasteiger partial charge < -0.3 is 10.5 Å². The van der Waals surface area contributed by atoms with Crippen LogP contribution in [0.25, 0.3) is 0 Å². The third-order valence-corrected chi connectivity index (χ3v) is 2.32. The van der Waals surface area contributed by atoms with Gasteiger partial charge in [-0.2, -0.15) is 0 Å². The fraction of sp³-hybridized carbons (Fsp3) is 0.250. The summed E-state index contributed by atoms with van der Waals surface area (Å²) in [5.74, 6) is 0.853. The van der Waals surface area contributed by atoms with Gasteiger partial charge in [-0.1, -0.05) is 0 Å². The van der Waals surface area contributed by atoms with Gasteiger partial charge in [-0.25, -0.2) is 9.13 Å². The molecule has 1 aromatic heterocycles. The summed E-state index contributed by atoms with van der Waals surface area (Å²) < 4.78 is 9.67. The monoisotopic (exact) mass is 218 g/mol. The molecule has 0 unspecified atom stereocenters. The molecule has 0 bridgehead atoms. The molecule has 0 radical (unpaired) electrons. The Morgan fingerprint density at radius 1 is 1.31 bits per heavy atom. The number of ether oxygens (including phenoxy) is 1. The molecule has 2 N–H and O–H groups in total. The molecular weight excluding hydrogens is 202 g/mol. The lowest BCUT2D eigenvalue weighted by Crippen LogP contribution is -2.24. The number of imidazole rings is 1. The lowest BCUT2D eigenvalue weighted by molar-refractivity contribution is -0.671. The highest BCUT2D eigenvalue weighted by Gasteiger charge is 2.00. The van der Waals surface area contributed by atoms with Gasteiger partial charge >= 0.3 is 0 Å². The molecule has 0 spiro atoms. The Labute approximate surface area is 94.9 Å². The van der Waals surface area contributed by atoms with Crippen molar-refractivity contribution in [2.45, 2.75) is 6.54 Å². The van der Waals surface area contributed by atoms with Crippen molar-refractivity contribution in [1.29, 1.82) is 0 Å². The van der Waals surface area contributed by atoms with E-state index < -0.39 is 0 Å². The quantitative estimate of drug-likeness (QED) is 0.614. The number of hydrogen-bond acceptors (Lipinski definition) is 2. The first kappa shape index (κ1) is 10.5. The Bertz CT molecular complexity index is 448. The third-order valence-electron chi connectivity index (χ3n) is 2.32. The second kappa shape index (κ2) is 4.70. The second-order valence-electron chi connectivity index (χ2n) is 3.73. The van der Waals surface area contributed by atoms with Crippen LogP contribution in [0.3, 0.4) is 0 Å². The molecule has 16 heavy (non-hydrogen) atoms. The maximum Gasteiger partial charge on any atom is 0.243 e. The number of aryl methyl sites for hydroxylation is 1. The topological polar surface area (TPSA) is 44.1 Å². The van der Waals surface area contributed by atoms with Crippen molar-refractivity contribution < 1.29 is 9.30 Å². The molecule has 0 saturated heterocycles. The van der Waals surface area contributed by atoms with Gasteiger partial charge in [0.15, 0.2) is 0 Å². The highest BCUT2D eigenvalue weighted by Crippen LogP contribution is 2.12. The Hall–Kier alpha value is -1.97. The van der Waals surface area contributed by atoms with Crippen LogP contribution in [0.5, 0.6) is 5.75 Å². The van der Waals surface area contributed by atoms with Gasteiger partial charge in [0.1, 0.15) is 31.3 Å². The molecule has 0 saturated carbocycles. The van der Waals surface area contributed by atoms with E-state index in [1.165, 1.54) is 0 Å². The molecular formula is C12H16N3O+. The first-order chi connectivity index (χ1) is 7.74.